The molecule has 1 saturated carbocycles. The normalized spacial score (nSPS) is 20.4. The van der Waals surface area contributed by atoms with Crippen molar-refractivity contribution in [3.63, 3.8) is 0 Å². The van der Waals surface area contributed by atoms with E-state index >= 15 is 0 Å². The fraction of sp³-hybridized carbons (Fsp3) is 0.389. The molecular weight excluding hydrogens is 322 g/mol. The Kier molecular flexibility index (Phi) is 4.94. The summed E-state index contributed by atoms with van der Waals surface area (Å²) >= 11 is 5.37. The number of rotatable bonds is 3. The van der Waals surface area contributed by atoms with E-state index in [1.807, 2.05) is 24.3 Å². The van der Waals surface area contributed by atoms with Crippen molar-refractivity contribution >= 4 is 40.9 Å². The number of thiocarbonyl (C=S) groups is 1. The van der Waals surface area contributed by atoms with Gasteiger partial charge in [0.2, 0.25) is 5.91 Å². The second kappa shape index (κ2) is 7.13. The van der Waals surface area contributed by atoms with Crippen LogP contribution in [-0.4, -0.2) is 27.9 Å². The standard InChI is InChI=1S/C18H21N3O2S/c1-12(22)19-14-9-7-13(8-10-14)11-16-17(23)21(18(24)20-16)15-5-3-2-4-6-15/h7-11,15H,2-6H2,1H3,(H,19,22)(H,20,24). The Labute approximate surface area is 147 Å². The molecule has 0 spiro atoms. The number of nitrogens with one attached hydrogen (secondary N) is 2. The highest BCUT2D eigenvalue weighted by Gasteiger charge is 2.36. The number of carbonyl (C=O) groups is 2. The fourth-order valence-electron chi connectivity index (χ4n) is 3.25. The number of amides is 2. The maximum atomic E-state index is 12.7. The first-order valence-electron chi connectivity index (χ1n) is 8.28. The van der Waals surface area contributed by atoms with Gasteiger partial charge in [0.1, 0.15) is 5.70 Å². The van der Waals surface area contributed by atoms with Gasteiger partial charge in [0.15, 0.2) is 5.11 Å². The summed E-state index contributed by atoms with van der Waals surface area (Å²) in [5.41, 5.74) is 2.13. The third-order valence-electron chi connectivity index (χ3n) is 4.39. The molecule has 5 nitrogen and oxygen atoms in total. The quantitative estimate of drug-likeness (QED) is 0.654. The first-order valence-corrected chi connectivity index (χ1v) is 8.69. The van der Waals surface area contributed by atoms with Gasteiger partial charge in [-0.1, -0.05) is 31.4 Å². The van der Waals surface area contributed by atoms with Gasteiger partial charge in [0, 0.05) is 18.7 Å². The van der Waals surface area contributed by atoms with Crippen LogP contribution in [-0.2, 0) is 9.59 Å². The summed E-state index contributed by atoms with van der Waals surface area (Å²) in [7, 11) is 0. The van der Waals surface area contributed by atoms with Crippen molar-refractivity contribution in [3.8, 4) is 0 Å². The molecule has 2 amide bonds. The lowest BCUT2D eigenvalue weighted by atomic mass is 9.94. The van der Waals surface area contributed by atoms with Crippen molar-refractivity contribution in [1.29, 1.82) is 0 Å². The smallest absolute Gasteiger partial charge is 0.276 e. The summed E-state index contributed by atoms with van der Waals surface area (Å²) in [6.45, 7) is 1.47. The largest absolute Gasteiger partial charge is 0.328 e. The minimum atomic E-state index is -0.109. The number of anilines is 1. The van der Waals surface area contributed by atoms with Crippen LogP contribution in [0.5, 0.6) is 0 Å². The minimum absolute atomic E-state index is 0.0437. The Morgan fingerprint density at radius 1 is 1.25 bits per heavy atom. The van der Waals surface area contributed by atoms with Crippen LogP contribution in [0.3, 0.4) is 0 Å². The third-order valence-corrected chi connectivity index (χ3v) is 4.69. The predicted molar refractivity (Wildman–Crippen MR) is 98.2 cm³/mol. The molecule has 1 saturated heterocycles. The molecule has 2 aliphatic rings. The first kappa shape index (κ1) is 16.6. The molecule has 3 rings (SSSR count). The lowest BCUT2D eigenvalue weighted by Crippen LogP contribution is -2.41. The molecule has 0 radical (unpaired) electrons. The summed E-state index contributed by atoms with van der Waals surface area (Å²) in [4.78, 5) is 25.5. The zero-order valence-corrected chi connectivity index (χ0v) is 14.5. The van der Waals surface area contributed by atoms with Crippen molar-refractivity contribution in [2.45, 2.75) is 45.1 Å². The average molecular weight is 343 g/mol. The Hall–Kier alpha value is -2.21. The Bertz CT molecular complexity index is 691. The second-order valence-corrected chi connectivity index (χ2v) is 6.65. The third kappa shape index (κ3) is 3.64. The van der Waals surface area contributed by atoms with Gasteiger partial charge in [-0.25, -0.2) is 0 Å². The summed E-state index contributed by atoms with van der Waals surface area (Å²) in [5, 5.41) is 6.27. The van der Waals surface area contributed by atoms with Crippen molar-refractivity contribution in [2.75, 3.05) is 5.32 Å². The molecular formula is C18H21N3O2S. The molecule has 1 heterocycles. The highest BCUT2D eigenvalue weighted by Crippen LogP contribution is 2.27. The van der Waals surface area contributed by atoms with E-state index < -0.39 is 0 Å². The van der Waals surface area contributed by atoms with Gasteiger partial charge in [0.25, 0.3) is 5.91 Å². The van der Waals surface area contributed by atoms with Crippen LogP contribution in [0.15, 0.2) is 30.0 Å². The molecule has 2 fully saturated rings. The SMILES string of the molecule is CC(=O)Nc1ccc(C=C2NC(=S)N(C3CCCCC3)C2=O)cc1. The minimum Gasteiger partial charge on any atom is -0.328 e. The van der Waals surface area contributed by atoms with Crippen LogP contribution in [0.2, 0.25) is 0 Å². The van der Waals surface area contributed by atoms with E-state index in [0.717, 1.165) is 36.9 Å². The lowest BCUT2D eigenvalue weighted by Gasteiger charge is -2.29. The van der Waals surface area contributed by atoms with E-state index in [4.69, 9.17) is 12.2 Å². The van der Waals surface area contributed by atoms with Gasteiger partial charge in [-0.15, -0.1) is 0 Å². The van der Waals surface area contributed by atoms with Gasteiger partial charge in [-0.3, -0.25) is 14.5 Å². The Balaban J connectivity index is 1.74. The number of benzene rings is 1. The van der Waals surface area contributed by atoms with E-state index in [1.165, 1.54) is 13.3 Å². The van der Waals surface area contributed by atoms with Crippen molar-refractivity contribution in [1.82, 2.24) is 10.2 Å². The summed E-state index contributed by atoms with van der Waals surface area (Å²) < 4.78 is 0. The maximum Gasteiger partial charge on any atom is 0.276 e. The molecule has 0 atom stereocenters. The van der Waals surface area contributed by atoms with Gasteiger partial charge >= 0.3 is 0 Å². The van der Waals surface area contributed by atoms with E-state index in [0.29, 0.717) is 10.8 Å². The van der Waals surface area contributed by atoms with Gasteiger partial charge in [0.05, 0.1) is 0 Å². The fourth-order valence-corrected chi connectivity index (χ4v) is 3.59. The highest BCUT2D eigenvalue weighted by atomic mass is 32.1. The average Bonchev–Trinajstić information content (AvgIpc) is 2.83. The molecule has 2 N–H and O–H groups in total. The summed E-state index contributed by atoms with van der Waals surface area (Å²) in [6.07, 6.45) is 7.39. The molecule has 0 bridgehead atoms. The lowest BCUT2D eigenvalue weighted by molar-refractivity contribution is -0.124. The number of nitrogens with zero attached hydrogens (tertiary/aromatic N) is 1. The highest BCUT2D eigenvalue weighted by molar-refractivity contribution is 7.80. The van der Waals surface area contributed by atoms with Crippen LogP contribution < -0.4 is 10.6 Å². The van der Waals surface area contributed by atoms with Crippen LogP contribution in [0.4, 0.5) is 5.69 Å². The van der Waals surface area contributed by atoms with Crippen molar-refractivity contribution < 1.29 is 9.59 Å². The summed E-state index contributed by atoms with van der Waals surface area (Å²) in [5.74, 6) is -0.153. The topological polar surface area (TPSA) is 61.4 Å². The van der Waals surface area contributed by atoms with E-state index in [2.05, 4.69) is 10.6 Å². The summed E-state index contributed by atoms with van der Waals surface area (Å²) in [6, 6.07) is 7.56. The van der Waals surface area contributed by atoms with Crippen LogP contribution in [0.25, 0.3) is 6.08 Å². The zero-order valence-electron chi connectivity index (χ0n) is 13.7. The first-order chi connectivity index (χ1) is 11.5. The number of hydrogen-bond donors (Lipinski definition) is 2. The van der Waals surface area contributed by atoms with Crippen LogP contribution in [0.1, 0.15) is 44.6 Å². The number of hydrogen-bond acceptors (Lipinski definition) is 3. The van der Waals surface area contributed by atoms with Crippen molar-refractivity contribution in [3.05, 3.63) is 35.5 Å². The maximum absolute atomic E-state index is 12.7. The van der Waals surface area contributed by atoms with Gasteiger partial charge in [-0.05, 0) is 48.8 Å². The molecule has 1 aromatic carbocycles. The molecule has 0 aromatic heterocycles. The number of carbonyl (C=O) groups excluding carboxylic acids is 2. The molecule has 0 unspecified atom stereocenters. The van der Waals surface area contributed by atoms with Gasteiger partial charge in [-0.2, -0.15) is 0 Å². The Morgan fingerprint density at radius 2 is 1.92 bits per heavy atom. The molecule has 6 heteroatoms. The molecule has 1 aromatic rings. The molecule has 1 aliphatic heterocycles. The van der Waals surface area contributed by atoms with E-state index in [1.54, 1.807) is 11.0 Å². The van der Waals surface area contributed by atoms with Crippen LogP contribution in [0, 0.1) is 0 Å². The van der Waals surface area contributed by atoms with Crippen molar-refractivity contribution in [2.24, 2.45) is 0 Å². The predicted octanol–water partition coefficient (Wildman–Crippen LogP) is 3.04. The second-order valence-electron chi connectivity index (χ2n) is 6.26. The Morgan fingerprint density at radius 3 is 2.54 bits per heavy atom. The monoisotopic (exact) mass is 343 g/mol. The van der Waals surface area contributed by atoms with Gasteiger partial charge < -0.3 is 10.6 Å². The van der Waals surface area contributed by atoms with Crippen LogP contribution >= 0.6 is 12.2 Å². The molecule has 1 aliphatic carbocycles. The molecule has 126 valence electrons. The molecule has 24 heavy (non-hydrogen) atoms. The van der Waals surface area contributed by atoms with E-state index in [-0.39, 0.29) is 17.9 Å². The van der Waals surface area contributed by atoms with E-state index in [9.17, 15) is 9.59 Å². The zero-order chi connectivity index (χ0) is 17.1.